The van der Waals surface area contributed by atoms with Crippen LogP contribution in [0.1, 0.15) is 57.6 Å². The molecule has 1 N–H and O–H groups in total. The van der Waals surface area contributed by atoms with Gasteiger partial charge in [0.05, 0.1) is 5.92 Å². The summed E-state index contributed by atoms with van der Waals surface area (Å²) in [6.07, 6.45) is 1.59. The third-order valence-corrected chi connectivity index (χ3v) is 3.05. The molecular weight excluding hydrogens is 212 g/mol. The zero-order valence-electron chi connectivity index (χ0n) is 11.2. The maximum atomic E-state index is 11.2. The summed E-state index contributed by atoms with van der Waals surface area (Å²) in [4.78, 5) is 11.2. The van der Waals surface area contributed by atoms with Crippen LogP contribution in [0, 0.1) is 0 Å². The molecule has 1 aromatic rings. The van der Waals surface area contributed by atoms with E-state index in [-0.39, 0.29) is 11.3 Å². The molecule has 0 saturated heterocycles. The number of hydrogen-bond donors (Lipinski definition) is 1. The van der Waals surface area contributed by atoms with Crippen LogP contribution in [0.5, 0.6) is 0 Å². The highest BCUT2D eigenvalue weighted by atomic mass is 16.4. The maximum absolute atomic E-state index is 11.2. The van der Waals surface area contributed by atoms with Crippen molar-refractivity contribution in [1.29, 1.82) is 0 Å². The van der Waals surface area contributed by atoms with Crippen LogP contribution in [0.4, 0.5) is 0 Å². The van der Waals surface area contributed by atoms with Gasteiger partial charge < -0.3 is 5.11 Å². The van der Waals surface area contributed by atoms with E-state index in [1.807, 2.05) is 31.2 Å². The van der Waals surface area contributed by atoms with Gasteiger partial charge in [-0.25, -0.2) is 0 Å². The van der Waals surface area contributed by atoms with Crippen molar-refractivity contribution < 1.29 is 9.90 Å². The summed E-state index contributed by atoms with van der Waals surface area (Å²) in [5.74, 6) is -1.09. The molecule has 0 aliphatic rings. The van der Waals surface area contributed by atoms with E-state index < -0.39 is 5.97 Å². The van der Waals surface area contributed by atoms with Gasteiger partial charge in [-0.15, -0.1) is 0 Å². The average molecular weight is 234 g/mol. The summed E-state index contributed by atoms with van der Waals surface area (Å²) >= 11 is 0. The lowest BCUT2D eigenvalue weighted by Gasteiger charge is -2.20. The molecule has 0 heterocycles. The van der Waals surface area contributed by atoms with Gasteiger partial charge in [-0.05, 0) is 23.0 Å². The Morgan fingerprint density at radius 2 is 1.76 bits per heavy atom. The van der Waals surface area contributed by atoms with Gasteiger partial charge in [0.2, 0.25) is 0 Å². The van der Waals surface area contributed by atoms with E-state index in [0.29, 0.717) is 6.42 Å². The fourth-order valence-electron chi connectivity index (χ4n) is 1.94. The molecule has 0 aromatic heterocycles. The second-order valence-electron chi connectivity index (χ2n) is 5.55. The first-order chi connectivity index (χ1) is 7.86. The average Bonchev–Trinajstić information content (AvgIpc) is 2.24. The predicted molar refractivity (Wildman–Crippen MR) is 70.4 cm³/mol. The van der Waals surface area contributed by atoms with Crippen LogP contribution in [0.15, 0.2) is 24.3 Å². The molecule has 2 heteroatoms. The first-order valence-electron chi connectivity index (χ1n) is 6.19. The van der Waals surface area contributed by atoms with Crippen molar-refractivity contribution in [3.8, 4) is 0 Å². The largest absolute Gasteiger partial charge is 0.481 e. The van der Waals surface area contributed by atoms with Crippen LogP contribution in [0.3, 0.4) is 0 Å². The lowest BCUT2D eigenvalue weighted by molar-refractivity contribution is -0.139. The number of hydrogen-bond acceptors (Lipinski definition) is 1. The standard InChI is InChI=1S/C15H22O2/c1-5-6-13(14(16)17)11-7-9-12(10-8-11)15(2,3)4/h7-10,13H,5-6H2,1-4H3,(H,16,17). The molecule has 1 atom stereocenters. The van der Waals surface area contributed by atoms with Crippen molar-refractivity contribution in [1.82, 2.24) is 0 Å². The topological polar surface area (TPSA) is 37.3 Å². The van der Waals surface area contributed by atoms with Crippen molar-refractivity contribution in [3.05, 3.63) is 35.4 Å². The molecule has 0 aliphatic carbocycles. The molecule has 17 heavy (non-hydrogen) atoms. The van der Waals surface area contributed by atoms with Crippen LogP contribution < -0.4 is 0 Å². The second-order valence-corrected chi connectivity index (χ2v) is 5.55. The molecule has 0 bridgehead atoms. The van der Waals surface area contributed by atoms with E-state index in [4.69, 9.17) is 0 Å². The summed E-state index contributed by atoms with van der Waals surface area (Å²) in [6.45, 7) is 8.48. The highest BCUT2D eigenvalue weighted by Gasteiger charge is 2.20. The van der Waals surface area contributed by atoms with E-state index in [2.05, 4.69) is 20.8 Å². The van der Waals surface area contributed by atoms with Gasteiger partial charge >= 0.3 is 5.97 Å². The van der Waals surface area contributed by atoms with E-state index in [9.17, 15) is 9.90 Å². The van der Waals surface area contributed by atoms with Gasteiger partial charge in [0.1, 0.15) is 0 Å². The maximum Gasteiger partial charge on any atom is 0.310 e. The Labute approximate surface area is 104 Å². The van der Waals surface area contributed by atoms with Gasteiger partial charge in [-0.2, -0.15) is 0 Å². The van der Waals surface area contributed by atoms with Crippen LogP contribution in [0.25, 0.3) is 0 Å². The van der Waals surface area contributed by atoms with Gasteiger partial charge in [-0.3, -0.25) is 4.79 Å². The quantitative estimate of drug-likeness (QED) is 0.856. The minimum Gasteiger partial charge on any atom is -0.481 e. The molecule has 1 unspecified atom stereocenters. The summed E-state index contributed by atoms with van der Waals surface area (Å²) in [7, 11) is 0. The molecular formula is C15H22O2. The SMILES string of the molecule is CCCC(C(=O)O)c1ccc(C(C)(C)C)cc1. The summed E-state index contributed by atoms with van der Waals surface area (Å²) in [5, 5.41) is 9.19. The number of benzene rings is 1. The fourth-order valence-corrected chi connectivity index (χ4v) is 1.94. The van der Waals surface area contributed by atoms with Crippen LogP contribution in [0.2, 0.25) is 0 Å². The van der Waals surface area contributed by atoms with E-state index in [1.54, 1.807) is 0 Å². The minimum atomic E-state index is -0.727. The predicted octanol–water partition coefficient (Wildman–Crippen LogP) is 3.95. The van der Waals surface area contributed by atoms with Crippen LogP contribution in [-0.4, -0.2) is 11.1 Å². The molecule has 0 radical (unpaired) electrons. The van der Waals surface area contributed by atoms with Gasteiger partial charge in [0.25, 0.3) is 0 Å². The van der Waals surface area contributed by atoms with Crippen molar-refractivity contribution in [2.24, 2.45) is 0 Å². The Bertz CT molecular complexity index is 371. The molecule has 0 fully saturated rings. The number of carboxylic acid groups (broad SMARTS) is 1. The molecule has 0 amide bonds. The molecule has 0 saturated carbocycles. The smallest absolute Gasteiger partial charge is 0.310 e. The third kappa shape index (κ3) is 3.58. The highest BCUT2D eigenvalue weighted by Crippen LogP contribution is 2.26. The Morgan fingerprint density at radius 1 is 1.24 bits per heavy atom. The molecule has 1 rings (SSSR count). The van der Waals surface area contributed by atoms with Crippen LogP contribution >= 0.6 is 0 Å². The lowest BCUT2D eigenvalue weighted by Crippen LogP contribution is -2.13. The van der Waals surface area contributed by atoms with E-state index in [1.165, 1.54) is 5.56 Å². The third-order valence-electron chi connectivity index (χ3n) is 3.05. The van der Waals surface area contributed by atoms with Crippen molar-refractivity contribution in [2.45, 2.75) is 51.9 Å². The van der Waals surface area contributed by atoms with Gasteiger partial charge in [0.15, 0.2) is 0 Å². The number of carboxylic acids is 1. The Kier molecular flexibility index (Phi) is 4.33. The highest BCUT2D eigenvalue weighted by molar-refractivity contribution is 5.76. The Hall–Kier alpha value is -1.31. The number of rotatable bonds is 4. The van der Waals surface area contributed by atoms with Crippen molar-refractivity contribution >= 4 is 5.97 Å². The van der Waals surface area contributed by atoms with E-state index >= 15 is 0 Å². The van der Waals surface area contributed by atoms with Gasteiger partial charge in [0, 0.05) is 0 Å². The molecule has 0 spiro atoms. The zero-order valence-corrected chi connectivity index (χ0v) is 11.2. The number of aliphatic carboxylic acids is 1. The first-order valence-corrected chi connectivity index (χ1v) is 6.19. The molecule has 2 nitrogen and oxygen atoms in total. The molecule has 94 valence electrons. The van der Waals surface area contributed by atoms with Crippen LogP contribution in [-0.2, 0) is 10.2 Å². The Morgan fingerprint density at radius 3 is 2.12 bits per heavy atom. The first kappa shape index (κ1) is 13.8. The second kappa shape index (κ2) is 5.35. The van der Waals surface area contributed by atoms with Crippen molar-refractivity contribution in [2.75, 3.05) is 0 Å². The molecule has 0 aliphatic heterocycles. The molecule has 1 aromatic carbocycles. The normalized spacial score (nSPS) is 13.4. The van der Waals surface area contributed by atoms with Gasteiger partial charge in [-0.1, -0.05) is 58.4 Å². The zero-order chi connectivity index (χ0) is 13.1. The summed E-state index contributed by atoms with van der Waals surface area (Å²) in [6, 6.07) is 7.99. The monoisotopic (exact) mass is 234 g/mol. The van der Waals surface area contributed by atoms with Crippen molar-refractivity contribution in [3.63, 3.8) is 0 Å². The number of carbonyl (C=O) groups is 1. The Balaban J connectivity index is 2.96. The fraction of sp³-hybridized carbons (Fsp3) is 0.533. The van der Waals surface area contributed by atoms with E-state index in [0.717, 1.165) is 12.0 Å². The summed E-state index contributed by atoms with van der Waals surface area (Å²) in [5.41, 5.74) is 2.26. The lowest BCUT2D eigenvalue weighted by atomic mass is 9.85. The minimum absolute atomic E-state index is 0.113. The summed E-state index contributed by atoms with van der Waals surface area (Å²) < 4.78 is 0.